The van der Waals surface area contributed by atoms with E-state index in [0.717, 1.165) is 67.2 Å². The van der Waals surface area contributed by atoms with Crippen molar-refractivity contribution in [3.8, 4) is 62.0 Å². The standard InChI is InChI=1S/C70H48N4/c1-70(2)64-20-9-6-17-58(64)59-38-37-57(44-65(59)70)72(53-31-23-48(24-32-53)47-14-4-3-5-15-47)54-33-25-49(26-34-54)50-27-35-55(36-28-50)73-66-21-10-7-18-60(66)62-42-51(29-39-68(62)73)52-30-40-69-63(43-52)61-19-8-11-22-67(61)74(69)56-16-12-13-46(41-56)45-71/h3-44H,1-2H3. The van der Waals surface area contributed by atoms with Gasteiger partial charge >= 0.3 is 0 Å². The van der Waals surface area contributed by atoms with Gasteiger partial charge in [0.25, 0.3) is 0 Å². The van der Waals surface area contributed by atoms with Gasteiger partial charge in [-0.1, -0.05) is 166 Å². The molecule has 0 saturated heterocycles. The van der Waals surface area contributed by atoms with Gasteiger partial charge in [0.05, 0.1) is 33.7 Å². The number of rotatable bonds is 8. The fourth-order valence-corrected chi connectivity index (χ4v) is 11.9. The smallest absolute Gasteiger partial charge is 0.0992 e. The molecule has 0 bridgehead atoms. The van der Waals surface area contributed by atoms with Gasteiger partial charge in [0.1, 0.15) is 0 Å². The van der Waals surface area contributed by atoms with E-state index in [-0.39, 0.29) is 5.41 Å². The Morgan fingerprint density at radius 3 is 1.42 bits per heavy atom. The Hall–Kier alpha value is -9.69. The van der Waals surface area contributed by atoms with Gasteiger partial charge in [-0.15, -0.1) is 0 Å². The minimum absolute atomic E-state index is 0.113. The molecule has 11 aromatic carbocycles. The van der Waals surface area contributed by atoms with Crippen LogP contribution in [0.1, 0.15) is 30.5 Å². The van der Waals surface area contributed by atoms with Crippen molar-refractivity contribution in [2.75, 3.05) is 4.90 Å². The molecule has 0 unspecified atom stereocenters. The zero-order valence-electron chi connectivity index (χ0n) is 41.0. The number of hydrogen-bond donors (Lipinski definition) is 0. The Morgan fingerprint density at radius 2 is 0.811 bits per heavy atom. The second-order valence-corrected chi connectivity index (χ2v) is 20.1. The zero-order valence-corrected chi connectivity index (χ0v) is 41.0. The number of nitriles is 1. The summed E-state index contributed by atoms with van der Waals surface area (Å²) in [6, 6.07) is 94.6. The predicted molar refractivity (Wildman–Crippen MR) is 308 cm³/mol. The van der Waals surface area contributed by atoms with Gasteiger partial charge in [0.2, 0.25) is 0 Å². The Balaban J connectivity index is 0.799. The number of hydrogen-bond acceptors (Lipinski definition) is 2. The summed E-state index contributed by atoms with van der Waals surface area (Å²) in [7, 11) is 0. The van der Waals surface area contributed by atoms with Gasteiger partial charge in [-0.05, 0) is 159 Å². The van der Waals surface area contributed by atoms with Crippen LogP contribution in [0.15, 0.2) is 255 Å². The molecule has 74 heavy (non-hydrogen) atoms. The predicted octanol–water partition coefficient (Wildman–Crippen LogP) is 18.5. The first-order valence-corrected chi connectivity index (χ1v) is 25.4. The van der Waals surface area contributed by atoms with E-state index in [2.05, 4.69) is 271 Å². The number of fused-ring (bicyclic) bond motifs is 9. The molecule has 1 aliphatic carbocycles. The fourth-order valence-electron chi connectivity index (χ4n) is 11.9. The average molecular weight is 945 g/mol. The van der Waals surface area contributed by atoms with Crippen LogP contribution >= 0.6 is 0 Å². The quantitative estimate of drug-likeness (QED) is 0.152. The number of nitrogens with zero attached hydrogens (tertiary/aromatic N) is 4. The molecule has 2 heterocycles. The Bertz CT molecular complexity index is 4380. The zero-order chi connectivity index (χ0) is 49.5. The van der Waals surface area contributed by atoms with E-state index < -0.39 is 0 Å². The highest BCUT2D eigenvalue weighted by Crippen LogP contribution is 2.51. The van der Waals surface area contributed by atoms with Gasteiger partial charge in [0, 0.05) is 55.4 Å². The third-order valence-corrected chi connectivity index (χ3v) is 15.6. The monoisotopic (exact) mass is 944 g/mol. The third-order valence-electron chi connectivity index (χ3n) is 15.6. The second kappa shape index (κ2) is 17.0. The first-order chi connectivity index (χ1) is 36.4. The molecule has 14 rings (SSSR count). The van der Waals surface area contributed by atoms with Crippen LogP contribution in [0, 0.1) is 11.3 Å². The van der Waals surface area contributed by atoms with Crippen LogP contribution < -0.4 is 4.90 Å². The lowest BCUT2D eigenvalue weighted by Crippen LogP contribution is -2.16. The summed E-state index contributed by atoms with van der Waals surface area (Å²) in [4.78, 5) is 2.39. The van der Waals surface area contributed by atoms with Crippen molar-refractivity contribution >= 4 is 60.7 Å². The number of aromatic nitrogens is 2. The Labute approximate surface area is 430 Å². The molecular formula is C70H48N4. The molecule has 13 aromatic rings. The van der Waals surface area contributed by atoms with Gasteiger partial charge in [-0.25, -0.2) is 0 Å². The van der Waals surface area contributed by atoms with Gasteiger partial charge in [0.15, 0.2) is 0 Å². The highest BCUT2D eigenvalue weighted by molar-refractivity contribution is 6.13. The van der Waals surface area contributed by atoms with Crippen LogP contribution in [0.2, 0.25) is 0 Å². The lowest BCUT2D eigenvalue weighted by atomic mass is 9.82. The topological polar surface area (TPSA) is 36.9 Å². The van der Waals surface area contributed by atoms with Crippen molar-refractivity contribution < 1.29 is 0 Å². The molecule has 0 N–H and O–H groups in total. The molecule has 4 heteroatoms. The van der Waals surface area contributed by atoms with Gasteiger partial charge < -0.3 is 14.0 Å². The minimum atomic E-state index is -0.113. The number of benzene rings is 11. The molecule has 0 radical (unpaired) electrons. The molecule has 0 saturated carbocycles. The van der Waals surface area contributed by atoms with Crippen LogP contribution in [0.4, 0.5) is 17.1 Å². The summed E-state index contributed by atoms with van der Waals surface area (Å²) >= 11 is 0. The van der Waals surface area contributed by atoms with E-state index in [4.69, 9.17) is 0 Å². The molecule has 0 spiro atoms. The summed E-state index contributed by atoms with van der Waals surface area (Å²) in [5, 5.41) is 14.5. The molecule has 4 nitrogen and oxygen atoms in total. The maximum atomic E-state index is 9.70. The summed E-state index contributed by atoms with van der Waals surface area (Å²) in [5.41, 5.74) is 23.0. The van der Waals surface area contributed by atoms with E-state index in [1.165, 1.54) is 60.4 Å². The van der Waals surface area contributed by atoms with Crippen molar-refractivity contribution in [3.05, 3.63) is 271 Å². The second-order valence-electron chi connectivity index (χ2n) is 20.1. The van der Waals surface area contributed by atoms with Gasteiger partial charge in [-0.2, -0.15) is 5.26 Å². The molecule has 0 fully saturated rings. The summed E-state index contributed by atoms with van der Waals surface area (Å²) < 4.78 is 4.66. The highest BCUT2D eigenvalue weighted by Gasteiger charge is 2.35. The van der Waals surface area contributed by atoms with E-state index in [1.54, 1.807) is 0 Å². The maximum Gasteiger partial charge on any atom is 0.0992 e. The van der Waals surface area contributed by atoms with Crippen LogP contribution in [0.3, 0.4) is 0 Å². The van der Waals surface area contributed by atoms with Crippen LogP contribution in [0.5, 0.6) is 0 Å². The van der Waals surface area contributed by atoms with E-state index >= 15 is 0 Å². The lowest BCUT2D eigenvalue weighted by Gasteiger charge is -2.28. The van der Waals surface area contributed by atoms with E-state index in [0.29, 0.717) is 5.56 Å². The number of para-hydroxylation sites is 2. The number of anilines is 3. The maximum absolute atomic E-state index is 9.70. The van der Waals surface area contributed by atoms with Crippen LogP contribution in [-0.4, -0.2) is 9.13 Å². The van der Waals surface area contributed by atoms with Crippen molar-refractivity contribution in [1.82, 2.24) is 9.13 Å². The van der Waals surface area contributed by atoms with Crippen molar-refractivity contribution in [3.63, 3.8) is 0 Å². The molecule has 0 atom stereocenters. The first kappa shape index (κ1) is 43.1. The van der Waals surface area contributed by atoms with Gasteiger partial charge in [-0.3, -0.25) is 0 Å². The molecular weight excluding hydrogens is 897 g/mol. The van der Waals surface area contributed by atoms with Crippen molar-refractivity contribution in [2.24, 2.45) is 0 Å². The average Bonchev–Trinajstić information content (AvgIpc) is 4.06. The molecule has 0 aliphatic heterocycles. The molecule has 1 aliphatic rings. The van der Waals surface area contributed by atoms with Crippen molar-refractivity contribution in [1.29, 1.82) is 5.26 Å². The highest BCUT2D eigenvalue weighted by atomic mass is 15.1. The van der Waals surface area contributed by atoms with Crippen molar-refractivity contribution in [2.45, 2.75) is 19.3 Å². The third kappa shape index (κ3) is 6.89. The summed E-state index contributed by atoms with van der Waals surface area (Å²) in [6.45, 7) is 4.70. The molecule has 0 amide bonds. The largest absolute Gasteiger partial charge is 0.310 e. The SMILES string of the molecule is CC1(C)c2ccccc2-c2ccc(N(c3ccc(-c4ccccc4)cc3)c3ccc(-c4ccc(-n5c6ccccc6c6cc(-c7ccc8c(c7)c7ccccc7n8-c7cccc(C#N)c7)ccc65)cc4)cc3)cc21. The Morgan fingerprint density at radius 1 is 0.338 bits per heavy atom. The van der Waals surface area contributed by atoms with Crippen LogP contribution in [0.25, 0.3) is 99.5 Å². The first-order valence-electron chi connectivity index (χ1n) is 25.4. The minimum Gasteiger partial charge on any atom is -0.310 e. The Kier molecular flexibility index (Phi) is 9.90. The summed E-state index contributed by atoms with van der Waals surface area (Å²) in [6.07, 6.45) is 0. The van der Waals surface area contributed by atoms with E-state index in [1.807, 2.05) is 18.2 Å². The van der Waals surface area contributed by atoms with Crippen LogP contribution in [-0.2, 0) is 5.41 Å². The summed E-state index contributed by atoms with van der Waals surface area (Å²) in [5.74, 6) is 0. The lowest BCUT2D eigenvalue weighted by molar-refractivity contribution is 0.660. The molecule has 2 aromatic heterocycles. The normalized spacial score (nSPS) is 12.6. The molecule has 348 valence electrons. The van der Waals surface area contributed by atoms with E-state index in [9.17, 15) is 5.26 Å². The fraction of sp³-hybridized carbons (Fsp3) is 0.0429.